The van der Waals surface area contributed by atoms with E-state index in [2.05, 4.69) is 0 Å². The molecule has 1 saturated heterocycles. The van der Waals surface area contributed by atoms with E-state index >= 15 is 0 Å². The Labute approximate surface area is 103 Å². The molecule has 0 aromatic rings. The molecule has 1 aliphatic rings. The van der Waals surface area contributed by atoms with Crippen molar-refractivity contribution in [2.24, 2.45) is 11.5 Å². The van der Waals surface area contributed by atoms with Crippen LogP contribution in [0.1, 0.15) is 19.3 Å². The van der Waals surface area contributed by atoms with Crippen LogP contribution in [0.4, 0.5) is 4.39 Å². The van der Waals surface area contributed by atoms with Gasteiger partial charge in [-0.2, -0.15) is 0 Å². The molecular weight excluding hydrogens is 245 g/mol. The molecular formula is C10H16FN3O4. The molecule has 0 unspecified atom stereocenters. The van der Waals surface area contributed by atoms with Gasteiger partial charge < -0.3 is 21.5 Å². The summed E-state index contributed by atoms with van der Waals surface area (Å²) in [5, 5.41) is 8.87. The minimum atomic E-state index is -1.36. The highest BCUT2D eigenvalue weighted by Gasteiger charge is 2.41. The van der Waals surface area contributed by atoms with Gasteiger partial charge in [-0.25, -0.2) is 9.18 Å². The quantitative estimate of drug-likeness (QED) is 0.561. The summed E-state index contributed by atoms with van der Waals surface area (Å²) in [6.07, 6.45) is -1.65. The summed E-state index contributed by atoms with van der Waals surface area (Å²) in [7, 11) is 0. The third kappa shape index (κ3) is 3.39. The van der Waals surface area contributed by atoms with Gasteiger partial charge in [-0.3, -0.25) is 9.59 Å². The molecule has 0 saturated carbocycles. The lowest BCUT2D eigenvalue weighted by Crippen LogP contribution is -2.48. The van der Waals surface area contributed by atoms with Crippen LogP contribution in [0.25, 0.3) is 0 Å². The lowest BCUT2D eigenvalue weighted by molar-refractivity contribution is -0.148. The molecule has 0 radical (unpaired) electrons. The van der Waals surface area contributed by atoms with Crippen LogP contribution in [0.2, 0.25) is 0 Å². The van der Waals surface area contributed by atoms with Crippen LogP contribution in [0.5, 0.6) is 0 Å². The van der Waals surface area contributed by atoms with Crippen molar-refractivity contribution in [1.82, 2.24) is 4.90 Å². The van der Waals surface area contributed by atoms with E-state index < -0.39 is 36.0 Å². The van der Waals surface area contributed by atoms with Gasteiger partial charge in [-0.15, -0.1) is 0 Å². The van der Waals surface area contributed by atoms with Crippen molar-refractivity contribution in [2.45, 2.75) is 37.5 Å². The van der Waals surface area contributed by atoms with Crippen molar-refractivity contribution in [3.63, 3.8) is 0 Å². The first-order valence-corrected chi connectivity index (χ1v) is 5.54. The lowest BCUT2D eigenvalue weighted by Gasteiger charge is -2.24. The van der Waals surface area contributed by atoms with Crippen molar-refractivity contribution in [1.29, 1.82) is 0 Å². The number of hydrogen-bond acceptors (Lipinski definition) is 4. The van der Waals surface area contributed by atoms with Crippen LogP contribution in [0.15, 0.2) is 0 Å². The van der Waals surface area contributed by atoms with E-state index in [1.807, 2.05) is 0 Å². The maximum Gasteiger partial charge on any atom is 0.326 e. The van der Waals surface area contributed by atoms with Crippen molar-refractivity contribution >= 4 is 17.8 Å². The van der Waals surface area contributed by atoms with Crippen LogP contribution in [-0.4, -0.2) is 52.6 Å². The molecule has 5 N–H and O–H groups in total. The normalized spacial score (nSPS) is 24.9. The first-order chi connectivity index (χ1) is 8.32. The minimum Gasteiger partial charge on any atom is -0.480 e. The van der Waals surface area contributed by atoms with E-state index in [1.54, 1.807) is 0 Å². The van der Waals surface area contributed by atoms with Crippen LogP contribution in [-0.2, 0) is 14.4 Å². The zero-order chi connectivity index (χ0) is 13.9. The summed E-state index contributed by atoms with van der Waals surface area (Å²) in [4.78, 5) is 34.2. The minimum absolute atomic E-state index is 0.0218. The summed E-state index contributed by atoms with van der Waals surface area (Å²) in [5.41, 5.74) is 10.5. The van der Waals surface area contributed by atoms with Gasteiger partial charge in [0.25, 0.3) is 0 Å². The average Bonchev–Trinajstić information content (AvgIpc) is 2.67. The van der Waals surface area contributed by atoms with Crippen molar-refractivity contribution in [2.75, 3.05) is 6.54 Å². The number of amides is 2. The Kier molecular flexibility index (Phi) is 4.60. The maximum atomic E-state index is 13.1. The van der Waals surface area contributed by atoms with Crippen LogP contribution >= 0.6 is 0 Å². The first-order valence-electron chi connectivity index (χ1n) is 5.54. The second-order valence-electron chi connectivity index (χ2n) is 4.29. The molecule has 0 aromatic heterocycles. The molecule has 102 valence electrons. The Morgan fingerprint density at radius 2 is 2.06 bits per heavy atom. The SMILES string of the molecule is NC(=O)CC[C@H](N)C(=O)N1C[C@@H](F)C[C@H]1C(=O)O. The van der Waals surface area contributed by atoms with E-state index in [0.29, 0.717) is 0 Å². The number of primary amides is 1. The second-order valence-corrected chi connectivity index (χ2v) is 4.29. The molecule has 1 aliphatic heterocycles. The van der Waals surface area contributed by atoms with E-state index in [-0.39, 0.29) is 25.8 Å². The standard InChI is InChI=1S/C10H16FN3O4/c11-5-3-7(10(17)18)14(4-5)9(16)6(12)1-2-8(13)15/h5-7H,1-4,12H2,(H2,13,15)(H,17,18)/t5-,6-,7-/m0/s1. The van der Waals surface area contributed by atoms with Gasteiger partial charge in [0, 0.05) is 12.8 Å². The summed E-state index contributed by atoms with van der Waals surface area (Å²) in [5.74, 6) is -2.52. The fraction of sp³-hybridized carbons (Fsp3) is 0.700. The van der Waals surface area contributed by atoms with E-state index in [4.69, 9.17) is 16.6 Å². The van der Waals surface area contributed by atoms with Crippen LogP contribution in [0, 0.1) is 0 Å². The third-order valence-electron chi connectivity index (χ3n) is 2.84. The zero-order valence-electron chi connectivity index (χ0n) is 9.71. The molecule has 0 aromatic carbocycles. The highest BCUT2D eigenvalue weighted by molar-refractivity contribution is 5.88. The number of nitrogens with zero attached hydrogens (tertiary/aromatic N) is 1. The second kappa shape index (κ2) is 5.76. The smallest absolute Gasteiger partial charge is 0.326 e. The molecule has 0 aliphatic carbocycles. The topological polar surface area (TPSA) is 127 Å². The monoisotopic (exact) mass is 261 g/mol. The summed E-state index contributed by atoms with van der Waals surface area (Å²) in [6.45, 7) is -0.278. The molecule has 2 amide bonds. The number of carbonyl (C=O) groups is 3. The number of likely N-dealkylation sites (tertiary alicyclic amines) is 1. The Morgan fingerprint density at radius 1 is 1.44 bits per heavy atom. The maximum absolute atomic E-state index is 13.1. The summed E-state index contributed by atoms with van der Waals surface area (Å²) >= 11 is 0. The van der Waals surface area contributed by atoms with Gasteiger partial charge in [0.1, 0.15) is 12.2 Å². The molecule has 1 rings (SSSR count). The number of halogens is 1. The van der Waals surface area contributed by atoms with E-state index in [1.165, 1.54) is 0 Å². The highest BCUT2D eigenvalue weighted by Crippen LogP contribution is 2.21. The summed E-state index contributed by atoms with van der Waals surface area (Å²) in [6, 6.07) is -2.23. The fourth-order valence-electron chi connectivity index (χ4n) is 1.90. The van der Waals surface area contributed by atoms with Gasteiger partial charge >= 0.3 is 5.97 Å². The van der Waals surface area contributed by atoms with Gasteiger partial charge in [0.15, 0.2) is 0 Å². The molecule has 18 heavy (non-hydrogen) atoms. The number of hydrogen-bond donors (Lipinski definition) is 3. The van der Waals surface area contributed by atoms with Gasteiger partial charge in [0.2, 0.25) is 11.8 Å². The Balaban J connectivity index is 2.64. The molecule has 0 spiro atoms. The predicted octanol–water partition coefficient (Wildman–Crippen LogP) is -1.40. The molecule has 7 nitrogen and oxygen atoms in total. The fourth-order valence-corrected chi connectivity index (χ4v) is 1.90. The predicted molar refractivity (Wildman–Crippen MR) is 59.1 cm³/mol. The zero-order valence-corrected chi connectivity index (χ0v) is 9.71. The number of nitrogens with two attached hydrogens (primary N) is 2. The average molecular weight is 261 g/mol. The Hall–Kier alpha value is -1.70. The largest absolute Gasteiger partial charge is 0.480 e. The number of carbonyl (C=O) groups excluding carboxylic acids is 2. The molecule has 3 atom stereocenters. The number of aliphatic carboxylic acids is 1. The first kappa shape index (κ1) is 14.4. The molecule has 1 heterocycles. The van der Waals surface area contributed by atoms with E-state index in [0.717, 1.165) is 4.90 Å². The number of carboxylic acids is 1. The highest BCUT2D eigenvalue weighted by atomic mass is 19.1. The van der Waals surface area contributed by atoms with Crippen LogP contribution in [0.3, 0.4) is 0 Å². The molecule has 8 heteroatoms. The van der Waals surface area contributed by atoms with Gasteiger partial charge in [0.05, 0.1) is 12.6 Å². The number of alkyl halides is 1. The van der Waals surface area contributed by atoms with Gasteiger partial charge in [-0.1, -0.05) is 0 Å². The molecule has 0 bridgehead atoms. The van der Waals surface area contributed by atoms with Crippen molar-refractivity contribution in [3.8, 4) is 0 Å². The van der Waals surface area contributed by atoms with E-state index in [9.17, 15) is 18.8 Å². The lowest BCUT2D eigenvalue weighted by atomic mass is 10.1. The van der Waals surface area contributed by atoms with Crippen LogP contribution < -0.4 is 11.5 Å². The third-order valence-corrected chi connectivity index (χ3v) is 2.84. The van der Waals surface area contributed by atoms with Gasteiger partial charge in [-0.05, 0) is 6.42 Å². The number of carboxylic acid groups (broad SMARTS) is 1. The molecule has 1 fully saturated rings. The Bertz CT molecular complexity index is 363. The summed E-state index contributed by atoms with van der Waals surface area (Å²) < 4.78 is 13.1. The van der Waals surface area contributed by atoms with Crippen molar-refractivity contribution in [3.05, 3.63) is 0 Å². The van der Waals surface area contributed by atoms with Crippen molar-refractivity contribution < 1.29 is 23.9 Å². The number of rotatable bonds is 5. The Morgan fingerprint density at radius 3 is 2.56 bits per heavy atom.